The molecule has 0 aromatic carbocycles. The van der Waals surface area contributed by atoms with Gasteiger partial charge in [0.05, 0.1) is 6.61 Å². The average Bonchev–Trinajstić information content (AvgIpc) is 3.36. The second-order valence-electron chi connectivity index (χ2n) is 19.7. The molecule has 0 aromatic rings. The molecule has 3 amide bonds. The van der Waals surface area contributed by atoms with Crippen molar-refractivity contribution in [3.8, 4) is 0 Å². The number of amides is 3. The van der Waals surface area contributed by atoms with E-state index < -0.39 is 43.0 Å². The molecule has 0 aliphatic carbocycles. The molecule has 1 unspecified atom stereocenters. The Morgan fingerprint density at radius 1 is 0.443 bits per heavy atom. The lowest BCUT2D eigenvalue weighted by Crippen LogP contribution is -2.51. The zero-order valence-electron chi connectivity index (χ0n) is 44.5. The molecule has 0 fully saturated rings. The normalized spacial score (nSPS) is 13.8. The highest BCUT2D eigenvalue weighted by Crippen LogP contribution is 2.14. The van der Waals surface area contributed by atoms with Crippen molar-refractivity contribution in [2.75, 3.05) is 85.1 Å². The van der Waals surface area contributed by atoms with Gasteiger partial charge >= 0.3 is 0 Å². The smallest absolute Gasteiger partial charge is 0.251 e. The predicted octanol–water partition coefficient (Wildman–Crippen LogP) is 3.75. The van der Waals surface area contributed by atoms with Crippen LogP contribution in [0, 0.1) is 5.92 Å². The molecule has 0 spiro atoms. The van der Waals surface area contributed by atoms with E-state index in [9.17, 15) is 34.8 Å². The zero-order valence-corrected chi connectivity index (χ0v) is 44.5. The van der Waals surface area contributed by atoms with E-state index in [1.54, 1.807) is 0 Å². The topological polar surface area (TPSA) is 289 Å². The molecule has 0 radical (unpaired) electrons. The molecule has 17 nitrogen and oxygen atoms in total. The minimum absolute atomic E-state index is 0.0445. The number of hydrogen-bond acceptors (Lipinski definition) is 14. The Morgan fingerprint density at radius 3 is 1.33 bits per heavy atom. The molecule has 0 saturated carbocycles. The first-order chi connectivity index (χ1) is 34.1. The van der Waals surface area contributed by atoms with Gasteiger partial charge in [-0.3, -0.25) is 14.4 Å². The third-order valence-electron chi connectivity index (χ3n) is 13.1. The van der Waals surface area contributed by atoms with Crippen molar-refractivity contribution in [2.45, 2.75) is 230 Å². The summed E-state index contributed by atoms with van der Waals surface area (Å²) in [6.45, 7) is 12.1. The zero-order chi connectivity index (χ0) is 51.6. The highest BCUT2D eigenvalue weighted by atomic mass is 16.4. The Morgan fingerprint density at radius 2 is 0.843 bits per heavy atom. The minimum atomic E-state index is -1.91. The van der Waals surface area contributed by atoms with Crippen LogP contribution in [0.3, 0.4) is 0 Å². The Labute approximate surface area is 426 Å². The van der Waals surface area contributed by atoms with Crippen LogP contribution in [-0.2, 0) is 14.4 Å². The van der Waals surface area contributed by atoms with Crippen molar-refractivity contribution < 1.29 is 39.9 Å². The van der Waals surface area contributed by atoms with E-state index in [1.807, 2.05) is 0 Å². The van der Waals surface area contributed by atoms with E-state index in [0.717, 1.165) is 162 Å². The number of hydrogen-bond donors (Lipinski definition) is 14. The van der Waals surface area contributed by atoms with Gasteiger partial charge in [-0.2, -0.15) is 0 Å². The van der Waals surface area contributed by atoms with Gasteiger partial charge in [0.2, 0.25) is 11.8 Å². The number of carbonyl (C=O) groups excluding carboxylic acids is 3. The lowest BCUT2D eigenvalue weighted by molar-refractivity contribution is -0.148. The summed E-state index contributed by atoms with van der Waals surface area (Å²) in [4.78, 5) is 38.5. The molecular formula is C53H111N9O8. The van der Waals surface area contributed by atoms with Crippen molar-refractivity contribution in [3.05, 3.63) is 0 Å². The maximum absolute atomic E-state index is 13.4. The molecule has 0 aliphatic rings. The first-order valence-electron chi connectivity index (χ1n) is 28.5. The summed E-state index contributed by atoms with van der Waals surface area (Å²) in [5, 5.41) is 70.9. The largest absolute Gasteiger partial charge is 0.394 e. The van der Waals surface area contributed by atoms with E-state index in [1.165, 1.54) is 77.0 Å². The number of aliphatic hydroxyl groups is 5. The number of unbranched alkanes of at least 4 members (excludes halogenated alkanes) is 20. The van der Waals surface area contributed by atoms with Crippen LogP contribution in [0.25, 0.3) is 0 Å². The molecule has 0 bridgehead atoms. The quantitative estimate of drug-likeness (QED) is 0.0387. The Balaban J connectivity index is 4.59. The molecule has 17 heteroatoms. The fourth-order valence-corrected chi connectivity index (χ4v) is 8.50. The van der Waals surface area contributed by atoms with Gasteiger partial charge in [-0.05, 0) is 142 Å². The molecule has 416 valence electrons. The van der Waals surface area contributed by atoms with E-state index >= 15 is 0 Å². The third kappa shape index (κ3) is 42.5. The Kier molecular flexibility index (Phi) is 50.4. The number of carbonyl (C=O) groups is 3. The van der Waals surface area contributed by atoms with Crippen LogP contribution in [0.4, 0.5) is 0 Å². The van der Waals surface area contributed by atoms with Gasteiger partial charge in [0.15, 0.2) is 6.10 Å². The summed E-state index contributed by atoms with van der Waals surface area (Å²) in [5.41, 5.74) is 11.2. The van der Waals surface area contributed by atoms with Crippen LogP contribution < -0.4 is 48.7 Å². The van der Waals surface area contributed by atoms with Crippen LogP contribution in [0.5, 0.6) is 0 Å². The summed E-state index contributed by atoms with van der Waals surface area (Å²) in [6.07, 6.45) is 24.1. The molecule has 0 saturated heterocycles. The standard InChI is InChI=1S/C53H111N9O8/c1-2-3-4-5-6-10-13-19-30-46(62-48(65)31-20-14-11-8-7-9-12-16-21-41-61-53(70)51(68)50(67)49(66)47(64)44-63)52(69)60-40-22-17-15-18-29-45(42-58-36-25-23-34-56-38-27-32-54)43-59-37-26-24-35-57-39-28-33-55/h45-47,49-51,56-59,63-64,66-68H,2-44,54-55H2,1H3,(H,60,69)(H,61,70)(H,62,65)/t46?,47-,49+,50+,51+/m1/s1. The summed E-state index contributed by atoms with van der Waals surface area (Å²) >= 11 is 0. The van der Waals surface area contributed by atoms with Gasteiger partial charge < -0.3 is 74.2 Å². The van der Waals surface area contributed by atoms with Crippen molar-refractivity contribution in [1.82, 2.24) is 37.2 Å². The highest BCUT2D eigenvalue weighted by Gasteiger charge is 2.34. The third-order valence-corrected chi connectivity index (χ3v) is 13.1. The van der Waals surface area contributed by atoms with Gasteiger partial charge in [0.25, 0.3) is 5.91 Å². The summed E-state index contributed by atoms with van der Waals surface area (Å²) in [6, 6.07) is -0.489. The number of nitrogens with one attached hydrogen (secondary N) is 7. The predicted molar refractivity (Wildman–Crippen MR) is 286 cm³/mol. The maximum Gasteiger partial charge on any atom is 0.251 e. The highest BCUT2D eigenvalue weighted by molar-refractivity contribution is 5.87. The van der Waals surface area contributed by atoms with Crippen molar-refractivity contribution in [2.24, 2.45) is 17.4 Å². The molecule has 70 heavy (non-hydrogen) atoms. The number of rotatable bonds is 55. The van der Waals surface area contributed by atoms with E-state index in [2.05, 4.69) is 44.1 Å². The van der Waals surface area contributed by atoms with Gasteiger partial charge in [-0.1, -0.05) is 122 Å². The van der Waals surface area contributed by atoms with Gasteiger partial charge in [-0.15, -0.1) is 0 Å². The molecule has 5 atom stereocenters. The van der Waals surface area contributed by atoms with Crippen molar-refractivity contribution in [1.29, 1.82) is 0 Å². The lowest BCUT2D eigenvalue weighted by Gasteiger charge is -2.24. The van der Waals surface area contributed by atoms with Crippen LogP contribution in [0.15, 0.2) is 0 Å². The molecular weight excluding hydrogens is 891 g/mol. The van der Waals surface area contributed by atoms with E-state index in [0.29, 0.717) is 38.3 Å². The van der Waals surface area contributed by atoms with E-state index in [-0.39, 0.29) is 11.8 Å². The maximum atomic E-state index is 13.4. The van der Waals surface area contributed by atoms with Gasteiger partial charge in [0, 0.05) is 19.5 Å². The second kappa shape index (κ2) is 51.9. The molecule has 16 N–H and O–H groups in total. The van der Waals surface area contributed by atoms with Gasteiger partial charge in [0.1, 0.15) is 24.4 Å². The van der Waals surface area contributed by atoms with E-state index in [4.69, 9.17) is 16.6 Å². The average molecular weight is 1000 g/mol. The van der Waals surface area contributed by atoms with Gasteiger partial charge in [-0.25, -0.2) is 0 Å². The van der Waals surface area contributed by atoms with Crippen LogP contribution in [0.2, 0.25) is 0 Å². The van der Waals surface area contributed by atoms with Crippen molar-refractivity contribution in [3.63, 3.8) is 0 Å². The SMILES string of the molecule is CCCCCCCCCCC(NC(=O)CCCCCCCCCCCNC(=O)[C@@H](O)[C@@H](O)[C@@H](O)[C@H](O)CO)C(=O)NCCCCCCC(CNCCCCNCCCN)CNCCCCNCCCN. The first-order valence-corrected chi connectivity index (χ1v) is 28.5. The molecule has 0 heterocycles. The van der Waals surface area contributed by atoms with Crippen LogP contribution >= 0.6 is 0 Å². The minimum Gasteiger partial charge on any atom is -0.394 e. The van der Waals surface area contributed by atoms with Crippen LogP contribution in [-0.4, -0.2) is 159 Å². The summed E-state index contributed by atoms with van der Waals surface area (Å²) in [7, 11) is 0. The number of nitrogens with two attached hydrogens (primary N) is 2. The lowest BCUT2D eigenvalue weighted by atomic mass is 10.00. The Hall–Kier alpha value is -2.03. The van der Waals surface area contributed by atoms with Crippen LogP contribution in [0.1, 0.15) is 200 Å². The number of aliphatic hydroxyl groups excluding tert-OH is 5. The molecule has 0 aliphatic heterocycles. The van der Waals surface area contributed by atoms with Crippen molar-refractivity contribution >= 4 is 17.7 Å². The first kappa shape index (κ1) is 68.0. The summed E-state index contributed by atoms with van der Waals surface area (Å²) < 4.78 is 0. The summed E-state index contributed by atoms with van der Waals surface area (Å²) in [5.74, 6) is -0.348. The fourth-order valence-electron chi connectivity index (χ4n) is 8.50. The fraction of sp³-hybridized carbons (Fsp3) is 0.943. The molecule has 0 aromatic heterocycles. The molecule has 0 rings (SSSR count). The second-order valence-corrected chi connectivity index (χ2v) is 19.7. The monoisotopic (exact) mass is 1000 g/mol. The Bertz CT molecular complexity index is 1140.